The normalized spacial score (nSPS) is 15.3. The summed E-state index contributed by atoms with van der Waals surface area (Å²) in [6.07, 6.45) is 1.91. The van der Waals surface area contributed by atoms with Crippen LogP contribution in [0.2, 0.25) is 5.02 Å². The summed E-state index contributed by atoms with van der Waals surface area (Å²) in [6.45, 7) is 0. The van der Waals surface area contributed by atoms with Crippen molar-refractivity contribution in [1.29, 1.82) is 0 Å². The van der Waals surface area contributed by atoms with E-state index in [2.05, 4.69) is 0 Å². The van der Waals surface area contributed by atoms with E-state index in [4.69, 9.17) is 16.3 Å². The van der Waals surface area contributed by atoms with Crippen molar-refractivity contribution in [3.8, 4) is 0 Å². The maximum Gasteiger partial charge on any atom is 0.342 e. The predicted molar refractivity (Wildman–Crippen MR) is 113 cm³/mol. The van der Waals surface area contributed by atoms with Gasteiger partial charge in [0.15, 0.2) is 4.08 Å². The molecule has 2 nitrogen and oxygen atoms in total. The number of rotatable bonds is 5. The molecule has 5 heteroatoms. The summed E-state index contributed by atoms with van der Waals surface area (Å²) in [5.74, 6) is 0.277. The number of carbonyl (C=O) groups is 1. The fraction of sp³-hybridized carbons (Fsp3) is 0.0455. The maximum absolute atomic E-state index is 13.0. The fourth-order valence-electron chi connectivity index (χ4n) is 2.68. The van der Waals surface area contributed by atoms with Gasteiger partial charge >= 0.3 is 5.97 Å². The van der Waals surface area contributed by atoms with Crippen molar-refractivity contribution in [2.24, 2.45) is 0 Å². The zero-order chi connectivity index (χ0) is 18.7. The summed E-state index contributed by atoms with van der Waals surface area (Å²) in [5, 5.41) is 0.646. The van der Waals surface area contributed by atoms with Gasteiger partial charge in [-0.05, 0) is 54.6 Å². The second-order valence-corrected chi connectivity index (χ2v) is 9.24. The van der Waals surface area contributed by atoms with Crippen molar-refractivity contribution in [1.82, 2.24) is 0 Å². The summed E-state index contributed by atoms with van der Waals surface area (Å²) in [7, 11) is 0. The van der Waals surface area contributed by atoms with Crippen LogP contribution in [0.4, 0.5) is 0 Å². The lowest BCUT2D eigenvalue weighted by molar-refractivity contribution is -0.134. The topological polar surface area (TPSA) is 26.3 Å². The van der Waals surface area contributed by atoms with E-state index in [-0.39, 0.29) is 5.97 Å². The van der Waals surface area contributed by atoms with Crippen LogP contribution in [-0.4, -0.2) is 10.0 Å². The Labute approximate surface area is 171 Å². The van der Waals surface area contributed by atoms with Gasteiger partial charge in [-0.1, -0.05) is 71.5 Å². The largest absolute Gasteiger partial charge is 0.424 e. The summed E-state index contributed by atoms with van der Waals surface area (Å²) >= 11 is 8.96. The number of esters is 1. The number of benzene rings is 3. The molecular weight excluding hydrogens is 396 g/mol. The average Bonchev–Trinajstić information content (AvgIpc) is 3.00. The SMILES string of the molecule is O=C1OC(c2ccc(Cl)cc2)=CC1(Sc1ccccc1)Sc1ccccc1. The Bertz CT molecular complexity index is 929. The molecule has 1 heterocycles. The van der Waals surface area contributed by atoms with Crippen LogP contribution in [0.5, 0.6) is 0 Å². The van der Waals surface area contributed by atoms with Crippen molar-refractivity contribution in [3.05, 3.63) is 102 Å². The van der Waals surface area contributed by atoms with Gasteiger partial charge in [0.25, 0.3) is 0 Å². The van der Waals surface area contributed by atoms with Gasteiger partial charge < -0.3 is 4.74 Å². The van der Waals surface area contributed by atoms with E-state index in [1.54, 1.807) is 12.1 Å². The molecule has 0 radical (unpaired) electrons. The molecule has 0 aromatic heterocycles. The number of thioether (sulfide) groups is 2. The molecule has 3 aromatic rings. The van der Waals surface area contributed by atoms with Crippen molar-refractivity contribution in [3.63, 3.8) is 0 Å². The first-order valence-corrected chi connectivity index (χ1v) is 10.3. The third-order valence-corrected chi connectivity index (χ3v) is 6.91. The highest BCUT2D eigenvalue weighted by atomic mass is 35.5. The smallest absolute Gasteiger partial charge is 0.342 e. The van der Waals surface area contributed by atoms with Gasteiger partial charge in [0, 0.05) is 20.4 Å². The third kappa shape index (κ3) is 4.08. The molecular formula is C22H15ClO2S2. The number of ether oxygens (including phenoxy) is 1. The van der Waals surface area contributed by atoms with Gasteiger partial charge in [0.05, 0.1) is 0 Å². The van der Waals surface area contributed by atoms with E-state index < -0.39 is 4.08 Å². The molecule has 0 aliphatic carbocycles. The van der Waals surface area contributed by atoms with Crippen molar-refractivity contribution in [2.75, 3.05) is 0 Å². The van der Waals surface area contributed by atoms with E-state index in [0.29, 0.717) is 10.8 Å². The fourth-order valence-corrected chi connectivity index (χ4v) is 5.42. The molecule has 0 unspecified atom stereocenters. The molecule has 3 aromatic carbocycles. The Morgan fingerprint density at radius 2 is 1.26 bits per heavy atom. The predicted octanol–water partition coefficient (Wildman–Crippen LogP) is 6.52. The molecule has 0 atom stereocenters. The minimum atomic E-state index is -0.891. The Balaban J connectivity index is 1.74. The summed E-state index contributed by atoms with van der Waals surface area (Å²) < 4.78 is 4.79. The molecule has 0 bridgehead atoms. The van der Waals surface area contributed by atoms with E-state index in [9.17, 15) is 4.79 Å². The molecule has 0 saturated carbocycles. The first-order valence-electron chi connectivity index (χ1n) is 8.34. The minimum Gasteiger partial charge on any atom is -0.424 e. The minimum absolute atomic E-state index is 0.282. The van der Waals surface area contributed by atoms with Crippen LogP contribution in [0.1, 0.15) is 5.56 Å². The second kappa shape index (κ2) is 7.85. The highest BCUT2D eigenvalue weighted by Gasteiger charge is 2.46. The lowest BCUT2D eigenvalue weighted by Crippen LogP contribution is -2.25. The van der Waals surface area contributed by atoms with E-state index in [1.165, 1.54) is 23.5 Å². The van der Waals surface area contributed by atoms with Crippen LogP contribution in [0, 0.1) is 0 Å². The maximum atomic E-state index is 13.0. The standard InChI is InChI=1S/C22H15ClO2S2/c23-17-13-11-16(12-14-17)20-15-22(21(24)25-20,26-18-7-3-1-4-8-18)27-19-9-5-2-6-10-19/h1-15H. The molecule has 0 spiro atoms. The number of cyclic esters (lactones) is 1. The highest BCUT2D eigenvalue weighted by Crippen LogP contribution is 2.52. The number of hydrogen-bond donors (Lipinski definition) is 0. The van der Waals surface area contributed by atoms with E-state index in [1.807, 2.05) is 78.9 Å². The van der Waals surface area contributed by atoms with Crippen LogP contribution >= 0.6 is 35.1 Å². The van der Waals surface area contributed by atoms with Gasteiger partial charge in [0.2, 0.25) is 0 Å². The second-order valence-electron chi connectivity index (χ2n) is 5.90. The van der Waals surface area contributed by atoms with E-state index >= 15 is 0 Å². The zero-order valence-electron chi connectivity index (χ0n) is 14.2. The van der Waals surface area contributed by atoms with Gasteiger partial charge in [-0.15, -0.1) is 0 Å². The summed E-state index contributed by atoms with van der Waals surface area (Å²) in [4.78, 5) is 15.0. The molecule has 4 rings (SSSR count). The van der Waals surface area contributed by atoms with Gasteiger partial charge in [-0.25, -0.2) is 4.79 Å². The number of carbonyl (C=O) groups excluding carboxylic acids is 1. The summed E-state index contributed by atoms with van der Waals surface area (Å²) in [5.41, 5.74) is 0.831. The Morgan fingerprint density at radius 1 is 0.741 bits per heavy atom. The van der Waals surface area contributed by atoms with Crippen LogP contribution in [-0.2, 0) is 9.53 Å². The van der Waals surface area contributed by atoms with Crippen molar-refractivity contribution >= 4 is 46.9 Å². The lowest BCUT2D eigenvalue weighted by Gasteiger charge is -2.22. The third-order valence-electron chi connectivity index (χ3n) is 3.96. The molecule has 1 aliphatic heterocycles. The average molecular weight is 411 g/mol. The zero-order valence-corrected chi connectivity index (χ0v) is 16.6. The van der Waals surface area contributed by atoms with Crippen LogP contribution < -0.4 is 0 Å². The molecule has 1 aliphatic rings. The van der Waals surface area contributed by atoms with Gasteiger partial charge in [-0.3, -0.25) is 0 Å². The molecule has 0 saturated heterocycles. The number of hydrogen-bond acceptors (Lipinski definition) is 4. The number of halogens is 1. The van der Waals surface area contributed by atoms with Crippen molar-refractivity contribution < 1.29 is 9.53 Å². The first kappa shape index (κ1) is 18.2. The van der Waals surface area contributed by atoms with Gasteiger partial charge in [0.1, 0.15) is 5.76 Å². The quantitative estimate of drug-likeness (QED) is 0.353. The summed E-state index contributed by atoms with van der Waals surface area (Å²) in [6, 6.07) is 27.1. The monoisotopic (exact) mass is 410 g/mol. The Hall–Kier alpha value is -2.14. The van der Waals surface area contributed by atoms with Gasteiger partial charge in [-0.2, -0.15) is 0 Å². The van der Waals surface area contributed by atoms with Crippen LogP contribution in [0.25, 0.3) is 5.76 Å². The lowest BCUT2D eigenvalue weighted by atomic mass is 10.2. The molecule has 0 N–H and O–H groups in total. The van der Waals surface area contributed by atoms with Crippen LogP contribution in [0.15, 0.2) is 101 Å². The Kier molecular flexibility index (Phi) is 5.30. The highest BCUT2D eigenvalue weighted by molar-refractivity contribution is 8.19. The van der Waals surface area contributed by atoms with E-state index in [0.717, 1.165) is 15.4 Å². The Morgan fingerprint density at radius 3 is 1.78 bits per heavy atom. The van der Waals surface area contributed by atoms with Crippen LogP contribution in [0.3, 0.4) is 0 Å². The molecule has 0 fully saturated rings. The first-order chi connectivity index (χ1) is 13.1. The molecule has 0 amide bonds. The van der Waals surface area contributed by atoms with Crippen molar-refractivity contribution in [2.45, 2.75) is 13.9 Å². The molecule has 27 heavy (non-hydrogen) atoms. The molecule has 134 valence electrons.